The molecule has 2 aromatic heterocycles. The van der Waals surface area contributed by atoms with E-state index < -0.39 is 11.4 Å². The van der Waals surface area contributed by atoms with Gasteiger partial charge in [-0.15, -0.1) is 11.3 Å². The van der Waals surface area contributed by atoms with E-state index in [1.807, 2.05) is 18.4 Å². The van der Waals surface area contributed by atoms with Crippen molar-refractivity contribution in [3.8, 4) is 11.4 Å². The van der Waals surface area contributed by atoms with E-state index in [0.717, 1.165) is 22.0 Å². The van der Waals surface area contributed by atoms with Crippen molar-refractivity contribution in [2.45, 2.75) is 26.3 Å². The zero-order valence-corrected chi connectivity index (χ0v) is 11.3. The van der Waals surface area contributed by atoms with Gasteiger partial charge in [0.1, 0.15) is 11.3 Å². The molecule has 1 unspecified atom stereocenters. The molecule has 0 fully saturated rings. The van der Waals surface area contributed by atoms with E-state index in [2.05, 4.69) is 4.98 Å². The number of hydrogen-bond donors (Lipinski definition) is 1. The van der Waals surface area contributed by atoms with Gasteiger partial charge in [0.25, 0.3) is 0 Å². The highest BCUT2D eigenvalue weighted by atomic mass is 32.1. The predicted molar refractivity (Wildman–Crippen MR) is 71.9 cm³/mol. The van der Waals surface area contributed by atoms with Crippen LogP contribution in [0, 0.1) is 6.92 Å². The maximum Gasteiger partial charge on any atom is 0.341 e. The second kappa shape index (κ2) is 4.03. The lowest BCUT2D eigenvalue weighted by atomic mass is 10.0. The Balaban J connectivity index is 2.31. The Morgan fingerprint density at radius 2 is 2.32 bits per heavy atom. The minimum atomic E-state index is -1.19. The number of carboxylic acids is 1. The second-order valence-corrected chi connectivity index (χ2v) is 5.99. The molecule has 1 aliphatic heterocycles. The number of fused-ring (bicyclic) bond motifs is 3. The largest absolute Gasteiger partial charge is 0.477 e. The average molecular weight is 276 g/mol. The average Bonchev–Trinajstić information content (AvgIpc) is 2.69. The molecule has 19 heavy (non-hydrogen) atoms. The molecule has 3 rings (SSSR count). The molecule has 0 bridgehead atoms. The summed E-state index contributed by atoms with van der Waals surface area (Å²) in [6.45, 7) is 3.94. The Hall–Kier alpha value is -1.95. The Kier molecular flexibility index (Phi) is 2.56. The summed E-state index contributed by atoms with van der Waals surface area (Å²) in [7, 11) is 0. The van der Waals surface area contributed by atoms with Crippen LogP contribution >= 0.6 is 11.3 Å². The highest BCUT2D eigenvalue weighted by Gasteiger charge is 2.26. The highest BCUT2D eigenvalue weighted by molar-refractivity contribution is 7.12. The number of pyridine rings is 1. The van der Waals surface area contributed by atoms with E-state index in [1.165, 1.54) is 12.3 Å². The number of carbonyl (C=O) groups is 1. The molecule has 1 atom stereocenters. The normalized spacial score (nSPS) is 16.8. The summed E-state index contributed by atoms with van der Waals surface area (Å²) in [5.74, 6) is -1.19. The number of carboxylic acid groups (broad SMARTS) is 1. The van der Waals surface area contributed by atoms with Crippen LogP contribution in [0.1, 0.15) is 33.2 Å². The van der Waals surface area contributed by atoms with E-state index in [-0.39, 0.29) is 11.6 Å². The number of hydrogen-bond acceptors (Lipinski definition) is 4. The summed E-state index contributed by atoms with van der Waals surface area (Å²) in [6.07, 6.45) is 2.25. The first-order valence-corrected chi connectivity index (χ1v) is 6.75. The van der Waals surface area contributed by atoms with Crippen molar-refractivity contribution in [1.82, 2.24) is 9.55 Å². The van der Waals surface area contributed by atoms with Crippen molar-refractivity contribution in [2.24, 2.45) is 0 Å². The molecule has 0 saturated heterocycles. The van der Waals surface area contributed by atoms with Crippen LogP contribution in [0.25, 0.3) is 11.4 Å². The van der Waals surface area contributed by atoms with Gasteiger partial charge in [-0.2, -0.15) is 0 Å². The molecule has 0 aromatic carbocycles. The topological polar surface area (TPSA) is 72.2 Å². The van der Waals surface area contributed by atoms with Gasteiger partial charge in [-0.05, 0) is 13.8 Å². The molecule has 0 aliphatic carbocycles. The van der Waals surface area contributed by atoms with Gasteiger partial charge in [0.2, 0.25) is 0 Å². The van der Waals surface area contributed by atoms with Crippen LogP contribution in [0.15, 0.2) is 17.1 Å². The van der Waals surface area contributed by atoms with Crippen molar-refractivity contribution in [3.05, 3.63) is 37.9 Å². The van der Waals surface area contributed by atoms with Crippen molar-refractivity contribution < 1.29 is 9.90 Å². The van der Waals surface area contributed by atoms with Gasteiger partial charge in [0.15, 0.2) is 5.43 Å². The quantitative estimate of drug-likeness (QED) is 0.865. The standard InChI is InChI=1S/C13H12N2O3S/c1-6-3-11-12(14-7(2)19-11)9-4-10(16)8(13(17)18)5-15(6)9/h4-6H,3H2,1-2H3,(H,17,18). The van der Waals surface area contributed by atoms with Gasteiger partial charge in [0.05, 0.1) is 10.7 Å². The SMILES string of the molecule is Cc1nc2c(s1)CC(C)n1cc(C(=O)O)c(=O)cc1-2. The molecule has 0 amide bonds. The monoisotopic (exact) mass is 276 g/mol. The first-order valence-electron chi connectivity index (χ1n) is 5.93. The summed E-state index contributed by atoms with van der Waals surface area (Å²) in [6, 6.07) is 1.51. The number of aromatic nitrogens is 2. The van der Waals surface area contributed by atoms with Crippen molar-refractivity contribution >= 4 is 17.3 Å². The van der Waals surface area contributed by atoms with Crippen molar-refractivity contribution in [2.75, 3.05) is 0 Å². The molecule has 0 saturated carbocycles. The number of aromatic carboxylic acids is 1. The summed E-state index contributed by atoms with van der Waals surface area (Å²) in [4.78, 5) is 28.5. The van der Waals surface area contributed by atoms with Crippen molar-refractivity contribution in [1.29, 1.82) is 0 Å². The molecule has 0 radical (unpaired) electrons. The van der Waals surface area contributed by atoms with Crippen molar-refractivity contribution in [3.63, 3.8) is 0 Å². The lowest BCUT2D eigenvalue weighted by Gasteiger charge is -2.25. The Morgan fingerprint density at radius 1 is 1.58 bits per heavy atom. The van der Waals surface area contributed by atoms with Gasteiger partial charge in [-0.25, -0.2) is 9.78 Å². The van der Waals surface area contributed by atoms with Gasteiger partial charge in [-0.3, -0.25) is 4.79 Å². The molecule has 1 aliphatic rings. The van der Waals surface area contributed by atoms with E-state index in [1.54, 1.807) is 11.3 Å². The van der Waals surface area contributed by atoms with Gasteiger partial charge >= 0.3 is 5.97 Å². The van der Waals surface area contributed by atoms with Gasteiger partial charge < -0.3 is 9.67 Å². The van der Waals surface area contributed by atoms with E-state index in [9.17, 15) is 9.59 Å². The van der Waals surface area contributed by atoms with Crippen LogP contribution in [0.4, 0.5) is 0 Å². The zero-order chi connectivity index (χ0) is 13.7. The smallest absolute Gasteiger partial charge is 0.341 e. The highest BCUT2D eigenvalue weighted by Crippen LogP contribution is 2.36. The molecular formula is C13H12N2O3S. The van der Waals surface area contributed by atoms with Gasteiger partial charge in [0, 0.05) is 29.6 Å². The fourth-order valence-electron chi connectivity index (χ4n) is 2.44. The van der Waals surface area contributed by atoms with E-state index in [0.29, 0.717) is 5.69 Å². The third-order valence-electron chi connectivity index (χ3n) is 3.31. The Morgan fingerprint density at radius 3 is 3.00 bits per heavy atom. The molecule has 0 spiro atoms. The minimum Gasteiger partial charge on any atom is -0.477 e. The third kappa shape index (κ3) is 1.79. The molecule has 2 aromatic rings. The molecule has 5 nitrogen and oxygen atoms in total. The number of nitrogens with zero attached hydrogens (tertiary/aromatic N) is 2. The number of rotatable bonds is 1. The van der Waals surface area contributed by atoms with Crippen LogP contribution < -0.4 is 5.43 Å². The number of aryl methyl sites for hydroxylation is 1. The summed E-state index contributed by atoms with van der Waals surface area (Å²) in [5, 5.41) is 9.98. The minimum absolute atomic E-state index is 0.126. The Labute approximate surface area is 113 Å². The van der Waals surface area contributed by atoms with E-state index >= 15 is 0 Å². The van der Waals surface area contributed by atoms with E-state index in [4.69, 9.17) is 5.11 Å². The lowest BCUT2D eigenvalue weighted by Crippen LogP contribution is -2.23. The first kappa shape index (κ1) is 12.1. The maximum atomic E-state index is 11.8. The van der Waals surface area contributed by atoms with Gasteiger partial charge in [-0.1, -0.05) is 0 Å². The number of thiazole rings is 1. The fraction of sp³-hybridized carbons (Fsp3) is 0.308. The van der Waals surface area contributed by atoms with Crippen LogP contribution in [-0.2, 0) is 6.42 Å². The Bertz CT molecular complexity index is 745. The summed E-state index contributed by atoms with van der Waals surface area (Å²) >= 11 is 1.63. The maximum absolute atomic E-state index is 11.8. The molecule has 98 valence electrons. The third-order valence-corrected chi connectivity index (χ3v) is 4.31. The second-order valence-electron chi connectivity index (χ2n) is 4.71. The summed E-state index contributed by atoms with van der Waals surface area (Å²) in [5.41, 5.74) is 0.873. The first-order chi connectivity index (χ1) is 8.97. The fourth-order valence-corrected chi connectivity index (χ4v) is 3.50. The predicted octanol–water partition coefficient (Wildman–Crippen LogP) is 2.10. The van der Waals surface area contributed by atoms with Crippen LogP contribution in [0.2, 0.25) is 0 Å². The lowest BCUT2D eigenvalue weighted by molar-refractivity contribution is 0.0694. The molecule has 6 heteroatoms. The zero-order valence-electron chi connectivity index (χ0n) is 10.5. The molecular weight excluding hydrogens is 264 g/mol. The van der Waals surface area contributed by atoms with Crippen LogP contribution in [0.3, 0.4) is 0 Å². The molecule has 3 heterocycles. The van der Waals surface area contributed by atoms with Crippen LogP contribution in [0.5, 0.6) is 0 Å². The summed E-state index contributed by atoms with van der Waals surface area (Å²) < 4.78 is 1.84. The molecule has 1 N–H and O–H groups in total. The van der Waals surface area contributed by atoms with Crippen LogP contribution in [-0.4, -0.2) is 20.6 Å².